The topological polar surface area (TPSA) is 80.1 Å². The van der Waals surface area contributed by atoms with Crippen molar-refractivity contribution in [3.8, 4) is 0 Å². The number of nitrogens with zero attached hydrogens (tertiary/aromatic N) is 5. The van der Waals surface area contributed by atoms with E-state index in [1.54, 1.807) is 16.8 Å². The van der Waals surface area contributed by atoms with Gasteiger partial charge in [-0.05, 0) is 77.0 Å². The molecular weight excluding hydrogens is 549 g/mol. The Balaban J connectivity index is 1.47. The zero-order chi connectivity index (χ0) is 25.1. The number of aromatic nitrogens is 2. The second kappa shape index (κ2) is 8.74. The molecule has 1 spiro atoms. The van der Waals surface area contributed by atoms with Gasteiger partial charge >= 0.3 is 12.2 Å². The maximum Gasteiger partial charge on any atom is 0.410 e. The summed E-state index contributed by atoms with van der Waals surface area (Å²) in [5.41, 5.74) is 0.0666. The number of likely N-dealkylation sites (tertiary alicyclic amines) is 1. The molecule has 0 radical (unpaired) electrons. The van der Waals surface area contributed by atoms with E-state index in [0.717, 1.165) is 47.3 Å². The fourth-order valence-electron chi connectivity index (χ4n) is 5.63. The summed E-state index contributed by atoms with van der Waals surface area (Å²) in [5, 5.41) is 5.11. The van der Waals surface area contributed by atoms with Crippen LogP contribution in [0.1, 0.15) is 72.0 Å². The highest BCUT2D eigenvalue weighted by molar-refractivity contribution is 14.1. The lowest BCUT2D eigenvalue weighted by Gasteiger charge is -2.49. The van der Waals surface area contributed by atoms with Crippen molar-refractivity contribution in [2.75, 3.05) is 38.1 Å². The molecule has 0 aliphatic carbocycles. The van der Waals surface area contributed by atoms with Crippen molar-refractivity contribution >= 4 is 40.6 Å². The van der Waals surface area contributed by atoms with Gasteiger partial charge in [0.15, 0.2) is 5.82 Å². The smallest absolute Gasteiger partial charge is 0.410 e. The largest absolute Gasteiger partial charge is 0.444 e. The minimum atomic E-state index is -0.483. The third-order valence-corrected chi connectivity index (χ3v) is 8.46. The number of hydrogen-bond acceptors (Lipinski definition) is 6. The molecule has 1 atom stereocenters. The quantitative estimate of drug-likeness (QED) is 0.472. The molecule has 34 heavy (non-hydrogen) atoms. The van der Waals surface area contributed by atoms with Gasteiger partial charge in [-0.25, -0.2) is 9.59 Å². The van der Waals surface area contributed by atoms with Crippen LogP contribution in [0.25, 0.3) is 0 Å². The lowest BCUT2D eigenvalue weighted by Crippen LogP contribution is -2.58. The summed E-state index contributed by atoms with van der Waals surface area (Å²) in [7, 11) is 1.80. The molecule has 0 bridgehead atoms. The predicted octanol–water partition coefficient (Wildman–Crippen LogP) is 4.57. The highest BCUT2D eigenvalue weighted by Gasteiger charge is 2.52. The third kappa shape index (κ3) is 4.83. The van der Waals surface area contributed by atoms with Crippen LogP contribution < -0.4 is 4.90 Å². The van der Waals surface area contributed by atoms with Gasteiger partial charge in [0.25, 0.3) is 0 Å². The Hall–Kier alpha value is -1.72. The summed E-state index contributed by atoms with van der Waals surface area (Å²) in [6.07, 6.45) is 2.81. The number of hydrogen-bond donors (Lipinski definition) is 0. The van der Waals surface area contributed by atoms with Gasteiger partial charge in [-0.1, -0.05) is 0 Å². The van der Waals surface area contributed by atoms with E-state index in [9.17, 15) is 9.59 Å². The standard InChI is InChI=1S/C24H38IN5O4/c1-16-18(25)19(29-13-10-24(14-23(29,5)6)15-27(7)20(31)34-24)26-30(16)17-8-11-28(12-9-17)21(32)33-22(2,3)4/h17H,8-15H2,1-7H3. The molecule has 4 rings (SSSR count). The first-order valence-corrected chi connectivity index (χ1v) is 13.2. The summed E-state index contributed by atoms with van der Waals surface area (Å²) in [6, 6.07) is 0.254. The van der Waals surface area contributed by atoms with Gasteiger partial charge in [-0.2, -0.15) is 5.10 Å². The minimum Gasteiger partial charge on any atom is -0.444 e. The van der Waals surface area contributed by atoms with Gasteiger partial charge in [-0.15, -0.1) is 0 Å². The van der Waals surface area contributed by atoms with Crippen molar-refractivity contribution in [3.63, 3.8) is 0 Å². The Morgan fingerprint density at radius 1 is 1.21 bits per heavy atom. The number of rotatable bonds is 2. The molecule has 3 aliphatic rings. The first-order chi connectivity index (χ1) is 15.7. The van der Waals surface area contributed by atoms with E-state index in [4.69, 9.17) is 14.6 Å². The lowest BCUT2D eigenvalue weighted by molar-refractivity contribution is 0.0117. The highest BCUT2D eigenvalue weighted by Crippen LogP contribution is 2.44. The molecule has 1 unspecified atom stereocenters. The summed E-state index contributed by atoms with van der Waals surface area (Å²) in [6.45, 7) is 15.0. The second-order valence-corrected chi connectivity index (χ2v) is 12.7. The van der Waals surface area contributed by atoms with Gasteiger partial charge in [-0.3, -0.25) is 4.68 Å². The molecule has 3 saturated heterocycles. The van der Waals surface area contributed by atoms with Crippen molar-refractivity contribution < 1.29 is 19.1 Å². The number of anilines is 1. The van der Waals surface area contributed by atoms with E-state index >= 15 is 0 Å². The Kier molecular flexibility index (Phi) is 6.52. The van der Waals surface area contributed by atoms with Gasteiger partial charge in [0.1, 0.15) is 11.2 Å². The van der Waals surface area contributed by atoms with Crippen LogP contribution in [0, 0.1) is 10.5 Å². The molecule has 1 aromatic rings. The zero-order valence-corrected chi connectivity index (χ0v) is 23.6. The number of carbonyl (C=O) groups is 2. The van der Waals surface area contributed by atoms with E-state index < -0.39 is 11.2 Å². The number of ether oxygens (including phenoxy) is 2. The highest BCUT2D eigenvalue weighted by atomic mass is 127. The normalized spacial score (nSPS) is 25.8. The molecule has 4 heterocycles. The first-order valence-electron chi connectivity index (χ1n) is 12.2. The number of amides is 2. The molecule has 0 aromatic carbocycles. The van der Waals surface area contributed by atoms with Crippen molar-refractivity contribution in [1.29, 1.82) is 0 Å². The Bertz CT molecular complexity index is 963. The molecule has 0 N–H and O–H groups in total. The maximum absolute atomic E-state index is 12.4. The first kappa shape index (κ1) is 25.4. The van der Waals surface area contributed by atoms with Gasteiger partial charge in [0.05, 0.1) is 21.9 Å². The molecule has 3 fully saturated rings. The van der Waals surface area contributed by atoms with Crippen molar-refractivity contribution in [2.45, 2.75) is 90.0 Å². The lowest BCUT2D eigenvalue weighted by atomic mass is 9.79. The average Bonchev–Trinajstić information content (AvgIpc) is 3.15. The molecule has 2 amide bonds. The van der Waals surface area contributed by atoms with Crippen LogP contribution in [0.5, 0.6) is 0 Å². The summed E-state index contributed by atoms with van der Waals surface area (Å²) in [5.74, 6) is 1.00. The molecule has 10 heteroatoms. The Morgan fingerprint density at radius 2 is 1.85 bits per heavy atom. The number of halogens is 1. The number of carbonyl (C=O) groups excluding carboxylic acids is 2. The second-order valence-electron chi connectivity index (χ2n) is 11.7. The fourth-order valence-corrected chi connectivity index (χ4v) is 6.27. The number of likely N-dealkylation sites (N-methyl/N-ethyl adjacent to an activating group) is 1. The Labute approximate surface area is 216 Å². The van der Waals surface area contributed by atoms with Crippen molar-refractivity contribution in [1.82, 2.24) is 19.6 Å². The zero-order valence-electron chi connectivity index (χ0n) is 21.5. The third-order valence-electron chi connectivity index (χ3n) is 7.20. The molecular formula is C24H38IN5O4. The van der Waals surface area contributed by atoms with Crippen LogP contribution in [-0.2, 0) is 9.47 Å². The molecule has 1 aromatic heterocycles. The molecule has 190 valence electrons. The molecule has 9 nitrogen and oxygen atoms in total. The van der Waals surface area contributed by atoms with Crippen LogP contribution in [0.2, 0.25) is 0 Å². The van der Waals surface area contributed by atoms with E-state index in [1.165, 1.54) is 0 Å². The van der Waals surface area contributed by atoms with E-state index in [-0.39, 0.29) is 23.8 Å². The van der Waals surface area contributed by atoms with Gasteiger partial charge < -0.3 is 24.2 Å². The van der Waals surface area contributed by atoms with Gasteiger partial charge in [0.2, 0.25) is 0 Å². The van der Waals surface area contributed by atoms with E-state index in [0.29, 0.717) is 19.6 Å². The molecule has 0 saturated carbocycles. The van der Waals surface area contributed by atoms with E-state index in [1.807, 2.05) is 20.8 Å². The monoisotopic (exact) mass is 587 g/mol. The van der Waals surface area contributed by atoms with Crippen LogP contribution in [-0.4, -0.2) is 81.7 Å². The average molecular weight is 588 g/mol. The fraction of sp³-hybridized carbons (Fsp3) is 0.792. The van der Waals surface area contributed by atoms with Crippen LogP contribution in [0.15, 0.2) is 0 Å². The maximum atomic E-state index is 12.4. The summed E-state index contributed by atoms with van der Waals surface area (Å²) < 4.78 is 14.7. The summed E-state index contributed by atoms with van der Waals surface area (Å²) >= 11 is 2.41. The van der Waals surface area contributed by atoms with Gasteiger partial charge in [0, 0.05) is 45.1 Å². The summed E-state index contributed by atoms with van der Waals surface area (Å²) in [4.78, 5) is 30.4. The predicted molar refractivity (Wildman–Crippen MR) is 138 cm³/mol. The van der Waals surface area contributed by atoms with Crippen LogP contribution in [0.4, 0.5) is 15.4 Å². The SMILES string of the molecule is Cc1c(I)c(N2CCC3(CN(C)C(=O)O3)CC2(C)C)nn1C1CCN(C(=O)OC(C)(C)C)CC1. The number of piperidine rings is 2. The minimum absolute atomic E-state index is 0.199. The van der Waals surface area contributed by atoms with Crippen LogP contribution in [0.3, 0.4) is 0 Å². The van der Waals surface area contributed by atoms with Crippen molar-refractivity contribution in [2.24, 2.45) is 0 Å². The van der Waals surface area contributed by atoms with E-state index in [2.05, 4.69) is 52.9 Å². The Morgan fingerprint density at radius 3 is 2.38 bits per heavy atom. The molecule has 3 aliphatic heterocycles. The van der Waals surface area contributed by atoms with Crippen LogP contribution >= 0.6 is 22.6 Å². The van der Waals surface area contributed by atoms with Crippen molar-refractivity contribution in [3.05, 3.63) is 9.26 Å².